The van der Waals surface area contributed by atoms with Crippen LogP contribution < -0.4 is 15.0 Å². The molecule has 21 heavy (non-hydrogen) atoms. The monoisotopic (exact) mass is 293 g/mol. The molecule has 118 valence electrons. The maximum Gasteiger partial charge on any atom is 0.119 e. The molecular formula is C16H27N3O2. The molecule has 1 aromatic rings. The summed E-state index contributed by atoms with van der Waals surface area (Å²) in [5.41, 5.74) is 1.28. The van der Waals surface area contributed by atoms with Gasteiger partial charge in [-0.15, -0.1) is 0 Å². The fraction of sp³-hybridized carbons (Fsp3) is 0.625. The van der Waals surface area contributed by atoms with Crippen LogP contribution in [-0.2, 0) is 4.74 Å². The van der Waals surface area contributed by atoms with Gasteiger partial charge in [0.25, 0.3) is 0 Å². The van der Waals surface area contributed by atoms with Gasteiger partial charge in [-0.2, -0.15) is 0 Å². The fourth-order valence-corrected chi connectivity index (χ4v) is 2.72. The van der Waals surface area contributed by atoms with Crippen LogP contribution in [0.3, 0.4) is 0 Å². The van der Waals surface area contributed by atoms with Gasteiger partial charge < -0.3 is 19.7 Å². The van der Waals surface area contributed by atoms with E-state index in [1.165, 1.54) is 5.69 Å². The van der Waals surface area contributed by atoms with E-state index < -0.39 is 0 Å². The Morgan fingerprint density at radius 2 is 1.76 bits per heavy atom. The molecule has 0 aliphatic carbocycles. The van der Waals surface area contributed by atoms with Crippen molar-refractivity contribution in [2.75, 3.05) is 65.5 Å². The lowest BCUT2D eigenvalue weighted by Gasteiger charge is -2.37. The average Bonchev–Trinajstić information content (AvgIpc) is 2.55. The molecular weight excluding hydrogens is 266 g/mol. The van der Waals surface area contributed by atoms with Gasteiger partial charge in [0.1, 0.15) is 5.75 Å². The number of methoxy groups -OCH3 is 2. The summed E-state index contributed by atoms with van der Waals surface area (Å²) in [7, 11) is 5.45. The maximum absolute atomic E-state index is 5.24. The van der Waals surface area contributed by atoms with Gasteiger partial charge in [-0.25, -0.2) is 0 Å². The van der Waals surface area contributed by atoms with Gasteiger partial charge >= 0.3 is 0 Å². The first kappa shape index (κ1) is 16.1. The highest BCUT2D eigenvalue weighted by atomic mass is 16.5. The fourth-order valence-electron chi connectivity index (χ4n) is 2.72. The number of hydrogen-bond acceptors (Lipinski definition) is 5. The Kier molecular flexibility index (Phi) is 6.29. The minimum absolute atomic E-state index is 0.405. The Labute approximate surface area is 127 Å². The molecule has 1 N–H and O–H groups in total. The lowest BCUT2D eigenvalue weighted by molar-refractivity contribution is 0.138. The number of anilines is 1. The maximum atomic E-state index is 5.24. The molecule has 1 aliphatic heterocycles. The highest BCUT2D eigenvalue weighted by Crippen LogP contribution is 2.20. The second-order valence-corrected chi connectivity index (χ2v) is 5.43. The predicted molar refractivity (Wildman–Crippen MR) is 86.4 cm³/mol. The molecule has 1 atom stereocenters. The van der Waals surface area contributed by atoms with Gasteiger partial charge in [-0.1, -0.05) is 0 Å². The van der Waals surface area contributed by atoms with Gasteiger partial charge in [0, 0.05) is 51.6 Å². The molecule has 1 aliphatic rings. The summed E-state index contributed by atoms with van der Waals surface area (Å²) in [6.07, 6.45) is 0. The number of likely N-dealkylation sites (N-methyl/N-ethyl adjacent to an activating group) is 1. The second kappa shape index (κ2) is 8.22. The van der Waals surface area contributed by atoms with Gasteiger partial charge in [0.15, 0.2) is 0 Å². The minimum atomic E-state index is 0.405. The normalized spacial score (nSPS) is 17.8. The number of nitrogens with zero attached hydrogens (tertiary/aromatic N) is 2. The van der Waals surface area contributed by atoms with Crippen molar-refractivity contribution in [1.82, 2.24) is 10.2 Å². The molecule has 1 aromatic carbocycles. The number of nitrogens with one attached hydrogen (secondary N) is 1. The van der Waals surface area contributed by atoms with Crippen LogP contribution in [0.2, 0.25) is 0 Å². The van der Waals surface area contributed by atoms with E-state index >= 15 is 0 Å². The molecule has 0 amide bonds. The Morgan fingerprint density at radius 1 is 1.10 bits per heavy atom. The molecule has 0 saturated carbocycles. The van der Waals surface area contributed by atoms with Crippen LogP contribution in [0, 0.1) is 0 Å². The van der Waals surface area contributed by atoms with E-state index in [-0.39, 0.29) is 0 Å². The SMILES string of the molecule is CNC(COC)CN1CCN(c2ccc(OC)cc2)CC1. The first-order valence-corrected chi connectivity index (χ1v) is 7.54. The third-order valence-corrected chi connectivity index (χ3v) is 4.06. The van der Waals surface area contributed by atoms with Crippen molar-refractivity contribution in [3.8, 4) is 5.75 Å². The summed E-state index contributed by atoms with van der Waals surface area (Å²) < 4.78 is 10.4. The standard InChI is InChI=1S/C16H27N3O2/c1-17-14(13-20-2)12-18-8-10-19(11-9-18)15-4-6-16(21-3)7-5-15/h4-7,14,17H,8-13H2,1-3H3. The smallest absolute Gasteiger partial charge is 0.119 e. The number of benzene rings is 1. The van der Waals surface area contributed by atoms with Crippen molar-refractivity contribution in [1.29, 1.82) is 0 Å². The van der Waals surface area contributed by atoms with Crippen molar-refractivity contribution in [3.63, 3.8) is 0 Å². The van der Waals surface area contributed by atoms with Gasteiger partial charge in [-0.05, 0) is 31.3 Å². The second-order valence-electron chi connectivity index (χ2n) is 5.43. The lowest BCUT2D eigenvalue weighted by Crippen LogP contribution is -2.51. The number of piperazine rings is 1. The molecule has 5 nitrogen and oxygen atoms in total. The van der Waals surface area contributed by atoms with E-state index in [9.17, 15) is 0 Å². The first-order valence-electron chi connectivity index (χ1n) is 7.54. The quantitative estimate of drug-likeness (QED) is 0.813. The third kappa shape index (κ3) is 4.59. The predicted octanol–water partition coefficient (Wildman–Crippen LogP) is 1.05. The van der Waals surface area contributed by atoms with E-state index in [0.29, 0.717) is 6.04 Å². The number of rotatable bonds is 7. The Bertz CT molecular complexity index is 402. The average molecular weight is 293 g/mol. The molecule has 1 saturated heterocycles. The van der Waals surface area contributed by atoms with Crippen molar-refractivity contribution < 1.29 is 9.47 Å². The van der Waals surface area contributed by atoms with Crippen LogP contribution in [0.1, 0.15) is 0 Å². The Balaban J connectivity index is 1.82. The van der Waals surface area contributed by atoms with E-state index in [1.54, 1.807) is 14.2 Å². The summed E-state index contributed by atoms with van der Waals surface area (Å²) in [5, 5.41) is 3.31. The van der Waals surface area contributed by atoms with Gasteiger partial charge in [0.05, 0.1) is 13.7 Å². The van der Waals surface area contributed by atoms with Crippen LogP contribution in [0.5, 0.6) is 5.75 Å². The summed E-state index contributed by atoms with van der Waals surface area (Å²) in [5.74, 6) is 0.911. The molecule has 0 aromatic heterocycles. The van der Waals surface area contributed by atoms with Crippen LogP contribution in [-0.4, -0.2) is 71.5 Å². The van der Waals surface area contributed by atoms with Crippen LogP contribution in [0.25, 0.3) is 0 Å². The molecule has 1 fully saturated rings. The van der Waals surface area contributed by atoms with Crippen molar-refractivity contribution >= 4 is 5.69 Å². The molecule has 1 heterocycles. The highest BCUT2D eigenvalue weighted by molar-refractivity contribution is 5.49. The summed E-state index contributed by atoms with van der Waals surface area (Å²) in [4.78, 5) is 4.93. The molecule has 1 unspecified atom stereocenters. The Morgan fingerprint density at radius 3 is 2.29 bits per heavy atom. The molecule has 0 spiro atoms. The minimum Gasteiger partial charge on any atom is -0.497 e. The molecule has 0 bridgehead atoms. The lowest BCUT2D eigenvalue weighted by atomic mass is 10.2. The Hall–Kier alpha value is -1.30. The van der Waals surface area contributed by atoms with Crippen LogP contribution in [0.15, 0.2) is 24.3 Å². The summed E-state index contributed by atoms with van der Waals surface area (Å²) in [6.45, 7) is 6.11. The number of hydrogen-bond donors (Lipinski definition) is 1. The summed E-state index contributed by atoms with van der Waals surface area (Å²) in [6, 6.07) is 8.72. The van der Waals surface area contributed by atoms with Crippen molar-refractivity contribution in [2.24, 2.45) is 0 Å². The third-order valence-electron chi connectivity index (χ3n) is 4.06. The molecule has 2 rings (SSSR count). The highest BCUT2D eigenvalue weighted by Gasteiger charge is 2.19. The molecule has 5 heteroatoms. The van der Waals surface area contributed by atoms with Crippen molar-refractivity contribution in [3.05, 3.63) is 24.3 Å². The van der Waals surface area contributed by atoms with E-state index in [2.05, 4.69) is 27.2 Å². The largest absolute Gasteiger partial charge is 0.497 e. The van der Waals surface area contributed by atoms with E-state index in [1.807, 2.05) is 19.2 Å². The zero-order chi connectivity index (χ0) is 15.1. The topological polar surface area (TPSA) is 37.0 Å². The first-order chi connectivity index (χ1) is 10.3. The van der Waals surface area contributed by atoms with Gasteiger partial charge in [-0.3, -0.25) is 4.90 Å². The zero-order valence-electron chi connectivity index (χ0n) is 13.3. The summed E-state index contributed by atoms with van der Waals surface area (Å²) >= 11 is 0. The van der Waals surface area contributed by atoms with E-state index in [0.717, 1.165) is 45.1 Å². The van der Waals surface area contributed by atoms with E-state index in [4.69, 9.17) is 9.47 Å². The molecule has 0 radical (unpaired) electrons. The van der Waals surface area contributed by atoms with Gasteiger partial charge in [0.2, 0.25) is 0 Å². The number of ether oxygens (including phenoxy) is 2. The zero-order valence-corrected chi connectivity index (χ0v) is 13.3. The van der Waals surface area contributed by atoms with Crippen LogP contribution in [0.4, 0.5) is 5.69 Å². The van der Waals surface area contributed by atoms with Crippen LogP contribution >= 0.6 is 0 Å². The van der Waals surface area contributed by atoms with Crippen molar-refractivity contribution in [2.45, 2.75) is 6.04 Å².